The van der Waals surface area contributed by atoms with E-state index in [4.69, 9.17) is 4.74 Å². The minimum atomic E-state index is -1.08. The van der Waals surface area contributed by atoms with Crippen molar-refractivity contribution in [1.82, 2.24) is 2.89 Å². The van der Waals surface area contributed by atoms with Crippen molar-refractivity contribution in [3.63, 3.8) is 0 Å². The van der Waals surface area contributed by atoms with Crippen LogP contribution >= 0.6 is 0 Å². The van der Waals surface area contributed by atoms with E-state index in [9.17, 15) is 9.59 Å². The van der Waals surface area contributed by atoms with Gasteiger partial charge in [0.15, 0.2) is 0 Å². The molecule has 0 unspecified atom stereocenters. The number of hydrogen-bond donors (Lipinski definition) is 0. The van der Waals surface area contributed by atoms with E-state index in [1.165, 1.54) is 2.89 Å². The summed E-state index contributed by atoms with van der Waals surface area (Å²) in [5.74, 6) is -0.0374. The number of hydrogen-bond acceptors (Lipinski definition) is 3. The van der Waals surface area contributed by atoms with Crippen LogP contribution in [-0.2, 0) is 9.53 Å². The van der Waals surface area contributed by atoms with Crippen molar-refractivity contribution in [3.05, 3.63) is 0 Å². The van der Waals surface area contributed by atoms with Crippen molar-refractivity contribution < 1.29 is 14.3 Å². The van der Waals surface area contributed by atoms with Gasteiger partial charge in [-0.3, -0.25) is 0 Å². The Balaban J connectivity index is 2.46. The molecule has 0 bridgehead atoms. The molecule has 1 radical (unpaired) electrons. The molecule has 0 saturated carbocycles. The molecular formula is C6H9InNO3. The first kappa shape index (κ1) is 8.90. The van der Waals surface area contributed by atoms with E-state index in [2.05, 4.69) is 0 Å². The monoisotopic (exact) mass is 258 g/mol. The molecular weight excluding hydrogens is 249 g/mol. The Morgan fingerprint density at radius 1 is 1.82 bits per heavy atom. The normalized spacial score (nSPS) is 16.5. The number of rotatable bonds is 1. The molecule has 4 nitrogen and oxygen atoms in total. The predicted octanol–water partition coefficient (Wildman–Crippen LogP) is 0.413. The molecule has 0 aromatic carbocycles. The molecule has 2 amide bonds. The number of imide groups is 1. The second-order valence-electron chi connectivity index (χ2n) is 2.18. The van der Waals surface area contributed by atoms with Gasteiger partial charge in [0.25, 0.3) is 0 Å². The number of amides is 2. The number of nitrogens with zero attached hydrogens (tertiary/aromatic N) is 1. The summed E-state index contributed by atoms with van der Waals surface area (Å²) in [5.41, 5.74) is 0. The average Bonchev–Trinajstić information content (AvgIpc) is 2.36. The summed E-state index contributed by atoms with van der Waals surface area (Å²) in [6.07, 6.45) is 0.135. The molecule has 1 rings (SSSR count). The summed E-state index contributed by atoms with van der Waals surface area (Å²) in [6.45, 7) is 2.09. The van der Waals surface area contributed by atoms with Crippen molar-refractivity contribution >= 4 is 35.2 Å². The van der Waals surface area contributed by atoms with Crippen LogP contribution in [0.4, 0.5) is 4.79 Å². The van der Waals surface area contributed by atoms with Crippen LogP contribution < -0.4 is 0 Å². The zero-order chi connectivity index (χ0) is 8.27. The molecule has 0 atom stereocenters. The van der Waals surface area contributed by atoms with E-state index >= 15 is 0 Å². The van der Waals surface area contributed by atoms with Crippen molar-refractivity contribution in [1.29, 1.82) is 0 Å². The topological polar surface area (TPSA) is 46.6 Å². The van der Waals surface area contributed by atoms with Gasteiger partial charge in [0.05, 0.1) is 0 Å². The van der Waals surface area contributed by atoms with Gasteiger partial charge in [-0.15, -0.1) is 0 Å². The third-order valence-electron chi connectivity index (χ3n) is 1.40. The third-order valence-corrected chi connectivity index (χ3v) is 5.43. The van der Waals surface area contributed by atoms with Crippen molar-refractivity contribution in [3.8, 4) is 0 Å². The molecule has 0 aromatic heterocycles. The fourth-order valence-corrected chi connectivity index (χ4v) is 4.31. The summed E-state index contributed by atoms with van der Waals surface area (Å²) in [4.78, 5) is 21.9. The Morgan fingerprint density at radius 3 is 3.00 bits per heavy atom. The van der Waals surface area contributed by atoms with Gasteiger partial charge >= 0.3 is 76.5 Å². The molecule has 1 fully saturated rings. The third kappa shape index (κ3) is 2.12. The number of carbonyl (C=O) groups is 2. The first-order valence-electron chi connectivity index (χ1n) is 3.58. The van der Waals surface area contributed by atoms with Gasteiger partial charge in [-0.25, -0.2) is 0 Å². The zero-order valence-electron chi connectivity index (χ0n) is 6.37. The SMILES string of the molecule is CCOC(=O)[N]1[In][CH2]CC1=O. The average molecular weight is 258 g/mol. The molecule has 1 heterocycles. The molecule has 0 aliphatic carbocycles. The molecule has 0 N–H and O–H groups in total. The molecule has 1 saturated heterocycles. The zero-order valence-corrected chi connectivity index (χ0v) is 9.67. The maximum atomic E-state index is 11.0. The van der Waals surface area contributed by atoms with Gasteiger partial charge < -0.3 is 0 Å². The van der Waals surface area contributed by atoms with E-state index in [0.717, 1.165) is 4.18 Å². The summed E-state index contributed by atoms with van der Waals surface area (Å²) in [5, 5.41) is 0. The molecule has 1 aliphatic heterocycles. The summed E-state index contributed by atoms with van der Waals surface area (Å²) >= 11 is -1.08. The van der Waals surface area contributed by atoms with Crippen LogP contribution in [0.5, 0.6) is 0 Å². The molecule has 0 spiro atoms. The van der Waals surface area contributed by atoms with E-state index in [0.29, 0.717) is 13.0 Å². The first-order valence-corrected chi connectivity index (χ1v) is 7.38. The molecule has 5 heteroatoms. The Kier molecular flexibility index (Phi) is 3.23. The Morgan fingerprint density at radius 2 is 2.55 bits per heavy atom. The van der Waals surface area contributed by atoms with Crippen LogP contribution in [-0.4, -0.2) is 44.7 Å². The van der Waals surface area contributed by atoms with Gasteiger partial charge in [0.1, 0.15) is 0 Å². The van der Waals surface area contributed by atoms with Crippen molar-refractivity contribution in [2.75, 3.05) is 6.61 Å². The number of carbonyl (C=O) groups excluding carboxylic acids is 2. The van der Waals surface area contributed by atoms with Crippen molar-refractivity contribution in [2.45, 2.75) is 17.5 Å². The van der Waals surface area contributed by atoms with E-state index in [1.54, 1.807) is 6.92 Å². The van der Waals surface area contributed by atoms with Crippen LogP contribution in [0, 0.1) is 0 Å². The van der Waals surface area contributed by atoms with Crippen LogP contribution in [0.1, 0.15) is 13.3 Å². The Labute approximate surface area is 76.6 Å². The minimum absolute atomic E-state index is 0.0374. The predicted molar refractivity (Wildman–Crippen MR) is 39.0 cm³/mol. The van der Waals surface area contributed by atoms with Gasteiger partial charge in [0.2, 0.25) is 0 Å². The Hall–Kier alpha value is -0.190. The van der Waals surface area contributed by atoms with Crippen LogP contribution in [0.15, 0.2) is 0 Å². The van der Waals surface area contributed by atoms with Crippen LogP contribution in [0.25, 0.3) is 0 Å². The fraction of sp³-hybridized carbons (Fsp3) is 0.667. The van der Waals surface area contributed by atoms with Gasteiger partial charge in [0, 0.05) is 0 Å². The van der Waals surface area contributed by atoms with E-state index in [1.807, 2.05) is 0 Å². The second-order valence-corrected chi connectivity index (χ2v) is 6.35. The van der Waals surface area contributed by atoms with Gasteiger partial charge in [-0.1, -0.05) is 0 Å². The maximum absolute atomic E-state index is 11.0. The van der Waals surface area contributed by atoms with E-state index in [-0.39, 0.29) is 5.91 Å². The molecule has 1 aliphatic rings. The molecule has 59 valence electrons. The van der Waals surface area contributed by atoms with E-state index < -0.39 is 29.3 Å². The standard InChI is InChI=1S/C6H10NO3.In/c1-3-5(8)7-6(9)10-4-2;/h1,3-4H2,2H3,(H,7,8,9);/q;+1/p-1. The van der Waals surface area contributed by atoms with Gasteiger partial charge in [-0.2, -0.15) is 0 Å². The fourth-order valence-electron chi connectivity index (χ4n) is 0.909. The quantitative estimate of drug-likeness (QED) is 0.684. The van der Waals surface area contributed by atoms with Gasteiger partial charge in [-0.05, 0) is 0 Å². The van der Waals surface area contributed by atoms with Crippen LogP contribution in [0.3, 0.4) is 0 Å². The summed E-state index contributed by atoms with van der Waals surface area (Å²) in [6, 6.07) is 0. The summed E-state index contributed by atoms with van der Waals surface area (Å²) in [7, 11) is 0. The molecule has 0 aromatic rings. The first-order chi connectivity index (χ1) is 5.25. The second kappa shape index (κ2) is 3.99. The Bertz CT molecular complexity index is 183. The number of ether oxygens (including phenoxy) is 1. The summed E-state index contributed by atoms with van der Waals surface area (Å²) < 4.78 is 7.01. The van der Waals surface area contributed by atoms with Crippen molar-refractivity contribution in [2.24, 2.45) is 0 Å². The molecule has 11 heavy (non-hydrogen) atoms. The van der Waals surface area contributed by atoms with Crippen LogP contribution in [0.2, 0.25) is 4.18 Å².